The van der Waals surface area contributed by atoms with E-state index < -0.39 is 5.97 Å². The molecule has 1 aromatic carbocycles. The summed E-state index contributed by atoms with van der Waals surface area (Å²) < 4.78 is 0.553. The number of halogens is 1. The Hall–Kier alpha value is -1.03. The molecular formula is C11H11BrO3. The molecule has 0 bridgehead atoms. The number of aromatic carboxylic acids is 1. The van der Waals surface area contributed by atoms with Gasteiger partial charge in [0.15, 0.2) is 0 Å². The molecule has 0 radical (unpaired) electrons. The number of carboxylic acid groups (broad SMARTS) is 1. The van der Waals surface area contributed by atoms with Crippen LogP contribution < -0.4 is 0 Å². The van der Waals surface area contributed by atoms with Gasteiger partial charge >= 0.3 is 5.97 Å². The Balaban J connectivity index is 2.63. The Bertz CT molecular complexity index is 426. The third-order valence-corrected chi connectivity index (χ3v) is 3.64. The molecule has 0 heterocycles. The van der Waals surface area contributed by atoms with Crippen molar-refractivity contribution in [3.8, 4) is 5.75 Å². The lowest BCUT2D eigenvalue weighted by molar-refractivity contribution is 0.0693. The second-order valence-electron chi connectivity index (χ2n) is 3.74. The zero-order valence-electron chi connectivity index (χ0n) is 8.09. The highest BCUT2D eigenvalue weighted by atomic mass is 79.9. The zero-order valence-corrected chi connectivity index (χ0v) is 9.67. The molecule has 80 valence electrons. The molecule has 0 atom stereocenters. The van der Waals surface area contributed by atoms with Crippen LogP contribution in [0, 0.1) is 0 Å². The van der Waals surface area contributed by atoms with Crippen molar-refractivity contribution >= 4 is 21.9 Å². The zero-order chi connectivity index (χ0) is 11.0. The van der Waals surface area contributed by atoms with Crippen LogP contribution in [-0.2, 0) is 12.8 Å². The Morgan fingerprint density at radius 2 is 2.00 bits per heavy atom. The predicted molar refractivity (Wildman–Crippen MR) is 59.4 cm³/mol. The number of phenols is 1. The summed E-state index contributed by atoms with van der Waals surface area (Å²) in [5.74, 6) is -1.23. The van der Waals surface area contributed by atoms with Gasteiger partial charge in [0.05, 0.1) is 4.47 Å². The number of rotatable bonds is 1. The van der Waals surface area contributed by atoms with Gasteiger partial charge in [-0.3, -0.25) is 0 Å². The average molecular weight is 271 g/mol. The minimum atomic E-state index is -1.08. The van der Waals surface area contributed by atoms with E-state index in [2.05, 4.69) is 15.9 Å². The molecule has 0 aromatic heterocycles. The fourth-order valence-electron chi connectivity index (χ4n) is 2.01. The van der Waals surface area contributed by atoms with E-state index in [-0.39, 0.29) is 11.3 Å². The molecule has 4 heteroatoms. The van der Waals surface area contributed by atoms with Crippen LogP contribution in [0.15, 0.2) is 10.5 Å². The molecule has 0 saturated carbocycles. The van der Waals surface area contributed by atoms with E-state index in [0.717, 1.165) is 36.8 Å². The van der Waals surface area contributed by atoms with E-state index in [0.29, 0.717) is 4.47 Å². The Labute approximate surface area is 95.9 Å². The summed E-state index contributed by atoms with van der Waals surface area (Å²) in [5, 5.41) is 18.6. The molecule has 0 amide bonds. The van der Waals surface area contributed by atoms with Crippen molar-refractivity contribution in [1.82, 2.24) is 0 Å². The molecule has 0 spiro atoms. The van der Waals surface area contributed by atoms with Gasteiger partial charge < -0.3 is 10.2 Å². The standard InChI is InChI=1S/C11H11BrO3/c12-9-7-4-2-1-3-6(7)5-8(10(9)13)11(14)15/h5,13H,1-4H2,(H,14,15). The number of fused-ring (bicyclic) bond motifs is 1. The first-order chi connectivity index (χ1) is 7.11. The van der Waals surface area contributed by atoms with Gasteiger partial charge in [0, 0.05) is 0 Å². The summed E-state index contributed by atoms with van der Waals surface area (Å²) in [6, 6.07) is 1.59. The van der Waals surface area contributed by atoms with Crippen LogP contribution in [0.1, 0.15) is 34.3 Å². The van der Waals surface area contributed by atoms with Crippen LogP contribution in [0.4, 0.5) is 0 Å². The largest absolute Gasteiger partial charge is 0.506 e. The van der Waals surface area contributed by atoms with Gasteiger partial charge in [-0.1, -0.05) is 0 Å². The third kappa shape index (κ3) is 1.74. The van der Waals surface area contributed by atoms with Gasteiger partial charge in [0.1, 0.15) is 11.3 Å². The Morgan fingerprint density at radius 1 is 1.33 bits per heavy atom. The van der Waals surface area contributed by atoms with Crippen LogP contribution in [0.3, 0.4) is 0 Å². The van der Waals surface area contributed by atoms with Gasteiger partial charge in [-0.15, -0.1) is 0 Å². The van der Waals surface area contributed by atoms with Crippen molar-refractivity contribution in [2.24, 2.45) is 0 Å². The third-order valence-electron chi connectivity index (χ3n) is 2.79. The highest BCUT2D eigenvalue weighted by Gasteiger charge is 2.21. The van der Waals surface area contributed by atoms with E-state index in [4.69, 9.17) is 5.11 Å². The summed E-state index contributed by atoms with van der Waals surface area (Å²) in [6.45, 7) is 0. The van der Waals surface area contributed by atoms with Crippen molar-refractivity contribution in [3.05, 3.63) is 27.2 Å². The predicted octanol–water partition coefficient (Wildman–Crippen LogP) is 2.73. The Morgan fingerprint density at radius 3 is 2.67 bits per heavy atom. The van der Waals surface area contributed by atoms with Crippen LogP contribution in [0.25, 0.3) is 0 Å². The number of carboxylic acids is 1. The SMILES string of the molecule is O=C(O)c1cc2c(c(Br)c1O)CCCC2. The monoisotopic (exact) mass is 270 g/mol. The maximum absolute atomic E-state index is 10.9. The molecule has 2 rings (SSSR count). The van der Waals surface area contributed by atoms with Crippen LogP contribution in [0.2, 0.25) is 0 Å². The van der Waals surface area contributed by atoms with Gasteiger partial charge in [-0.2, -0.15) is 0 Å². The second kappa shape index (κ2) is 3.85. The molecule has 2 N–H and O–H groups in total. The molecule has 1 aliphatic carbocycles. The number of aromatic hydroxyl groups is 1. The van der Waals surface area contributed by atoms with E-state index in [1.807, 2.05) is 0 Å². The quantitative estimate of drug-likeness (QED) is 0.825. The van der Waals surface area contributed by atoms with Crippen molar-refractivity contribution in [3.63, 3.8) is 0 Å². The molecule has 0 unspecified atom stereocenters. The molecule has 1 aliphatic rings. The average Bonchev–Trinajstić information content (AvgIpc) is 2.23. The van der Waals surface area contributed by atoms with Crippen molar-refractivity contribution < 1.29 is 15.0 Å². The molecule has 3 nitrogen and oxygen atoms in total. The summed E-state index contributed by atoms with van der Waals surface area (Å²) >= 11 is 3.27. The maximum atomic E-state index is 10.9. The summed E-state index contributed by atoms with van der Waals surface area (Å²) in [7, 11) is 0. The van der Waals surface area contributed by atoms with E-state index >= 15 is 0 Å². The lowest BCUT2D eigenvalue weighted by Gasteiger charge is -2.19. The smallest absolute Gasteiger partial charge is 0.339 e. The first-order valence-corrected chi connectivity index (χ1v) is 5.67. The van der Waals surface area contributed by atoms with Gasteiger partial charge in [0.25, 0.3) is 0 Å². The molecule has 0 fully saturated rings. The van der Waals surface area contributed by atoms with Crippen LogP contribution in [-0.4, -0.2) is 16.2 Å². The number of hydrogen-bond donors (Lipinski definition) is 2. The van der Waals surface area contributed by atoms with Crippen LogP contribution >= 0.6 is 15.9 Å². The van der Waals surface area contributed by atoms with Crippen molar-refractivity contribution in [2.45, 2.75) is 25.7 Å². The molecule has 15 heavy (non-hydrogen) atoms. The summed E-state index contributed by atoms with van der Waals surface area (Å²) in [5.41, 5.74) is 2.09. The van der Waals surface area contributed by atoms with E-state index in [9.17, 15) is 9.90 Å². The van der Waals surface area contributed by atoms with Crippen molar-refractivity contribution in [2.75, 3.05) is 0 Å². The molecule has 1 aromatic rings. The van der Waals surface area contributed by atoms with Gasteiger partial charge in [0.2, 0.25) is 0 Å². The van der Waals surface area contributed by atoms with E-state index in [1.54, 1.807) is 6.07 Å². The molecule has 0 saturated heterocycles. The van der Waals surface area contributed by atoms with Crippen molar-refractivity contribution in [1.29, 1.82) is 0 Å². The number of hydrogen-bond acceptors (Lipinski definition) is 2. The van der Waals surface area contributed by atoms with Crippen LogP contribution in [0.5, 0.6) is 5.75 Å². The fraction of sp³-hybridized carbons (Fsp3) is 0.364. The van der Waals surface area contributed by atoms with Gasteiger partial charge in [-0.25, -0.2) is 4.79 Å². The minimum Gasteiger partial charge on any atom is -0.506 e. The minimum absolute atomic E-state index is 0.0116. The molecule has 0 aliphatic heterocycles. The maximum Gasteiger partial charge on any atom is 0.339 e. The lowest BCUT2D eigenvalue weighted by atomic mass is 9.90. The topological polar surface area (TPSA) is 57.5 Å². The summed E-state index contributed by atoms with van der Waals surface area (Å²) in [4.78, 5) is 10.9. The van der Waals surface area contributed by atoms with Gasteiger partial charge in [-0.05, 0) is 58.8 Å². The normalized spacial score (nSPS) is 14.7. The first-order valence-electron chi connectivity index (χ1n) is 4.87. The second-order valence-corrected chi connectivity index (χ2v) is 4.53. The number of aryl methyl sites for hydroxylation is 1. The highest BCUT2D eigenvalue weighted by Crippen LogP contribution is 2.37. The first kappa shape index (κ1) is 10.5. The Kier molecular flexibility index (Phi) is 2.69. The number of benzene rings is 1. The highest BCUT2D eigenvalue weighted by molar-refractivity contribution is 9.10. The van der Waals surface area contributed by atoms with E-state index in [1.165, 1.54) is 0 Å². The molecular weight excluding hydrogens is 260 g/mol. The lowest BCUT2D eigenvalue weighted by Crippen LogP contribution is -2.07. The number of carbonyl (C=O) groups is 1. The fourth-order valence-corrected chi connectivity index (χ4v) is 2.67. The summed E-state index contributed by atoms with van der Waals surface area (Å²) in [6.07, 6.45) is 3.98.